The molecular formula is C14H20FN3O. The average Bonchev–Trinajstić information content (AvgIpc) is 2.67. The third-order valence-corrected chi connectivity index (χ3v) is 2.88. The van der Waals surface area contributed by atoms with Crippen molar-refractivity contribution >= 4 is 17.0 Å². The quantitative estimate of drug-likeness (QED) is 0.817. The van der Waals surface area contributed by atoms with Crippen LogP contribution in [0.4, 0.5) is 10.3 Å². The molecule has 19 heavy (non-hydrogen) atoms. The highest BCUT2D eigenvalue weighted by Crippen LogP contribution is 2.20. The van der Waals surface area contributed by atoms with Crippen LogP contribution < -0.4 is 5.73 Å². The number of aryl methyl sites for hydroxylation is 1. The summed E-state index contributed by atoms with van der Waals surface area (Å²) in [6, 6.07) is 4.89. The predicted octanol–water partition coefficient (Wildman–Crippen LogP) is 2.82. The van der Waals surface area contributed by atoms with Crippen molar-refractivity contribution in [3.63, 3.8) is 0 Å². The van der Waals surface area contributed by atoms with Crippen molar-refractivity contribution in [3.8, 4) is 0 Å². The zero-order chi connectivity index (χ0) is 13.8. The van der Waals surface area contributed by atoms with Crippen LogP contribution in [-0.2, 0) is 11.3 Å². The molecule has 0 fully saturated rings. The fourth-order valence-electron chi connectivity index (χ4n) is 2.01. The maximum atomic E-state index is 13.6. The van der Waals surface area contributed by atoms with Crippen molar-refractivity contribution in [1.82, 2.24) is 9.55 Å². The van der Waals surface area contributed by atoms with Crippen LogP contribution in [0.2, 0.25) is 0 Å². The second-order valence-electron chi connectivity index (χ2n) is 5.05. The average molecular weight is 265 g/mol. The summed E-state index contributed by atoms with van der Waals surface area (Å²) in [6.45, 7) is 6.35. The van der Waals surface area contributed by atoms with E-state index in [1.165, 1.54) is 6.07 Å². The number of rotatable bonds is 6. The smallest absolute Gasteiger partial charge is 0.201 e. The Kier molecular flexibility index (Phi) is 4.37. The molecule has 5 heteroatoms. The van der Waals surface area contributed by atoms with Gasteiger partial charge in [0.2, 0.25) is 5.95 Å². The van der Waals surface area contributed by atoms with Gasteiger partial charge in [0.05, 0.1) is 5.52 Å². The molecule has 0 aliphatic carbocycles. The Balaban J connectivity index is 2.01. The normalized spacial score (nSPS) is 11.6. The number of anilines is 1. The first-order chi connectivity index (χ1) is 9.09. The minimum absolute atomic E-state index is 0.334. The number of hydrogen-bond donors (Lipinski definition) is 1. The minimum Gasteiger partial charge on any atom is -0.381 e. The molecule has 0 saturated heterocycles. The third-order valence-electron chi connectivity index (χ3n) is 2.88. The summed E-state index contributed by atoms with van der Waals surface area (Å²) in [5, 5.41) is 0. The van der Waals surface area contributed by atoms with Crippen molar-refractivity contribution in [2.75, 3.05) is 18.9 Å². The molecule has 2 N–H and O–H groups in total. The fraction of sp³-hybridized carbons (Fsp3) is 0.500. The number of halogens is 1. The van der Waals surface area contributed by atoms with Crippen LogP contribution in [0.25, 0.3) is 11.0 Å². The number of nitrogens with zero attached hydrogens (tertiary/aromatic N) is 2. The lowest BCUT2D eigenvalue weighted by atomic mass is 10.2. The first-order valence-electron chi connectivity index (χ1n) is 6.57. The largest absolute Gasteiger partial charge is 0.381 e. The van der Waals surface area contributed by atoms with E-state index in [1.807, 2.05) is 10.6 Å². The minimum atomic E-state index is -0.334. The highest BCUT2D eigenvalue weighted by Gasteiger charge is 2.10. The molecule has 0 bridgehead atoms. The molecule has 0 amide bonds. The molecule has 0 aliphatic heterocycles. The number of imidazole rings is 1. The number of nitrogen functional groups attached to an aromatic ring is 1. The van der Waals surface area contributed by atoms with Crippen LogP contribution in [0.15, 0.2) is 18.2 Å². The standard InChI is InChI=1S/C14H20FN3O/c1-10(2)9-19-8-4-7-18-12-6-3-5-11(15)13(12)17-14(18)16/h3,5-6,10H,4,7-9H2,1-2H3,(H2,16,17). The van der Waals surface area contributed by atoms with Crippen molar-refractivity contribution in [2.24, 2.45) is 5.92 Å². The number of para-hydroxylation sites is 1. The SMILES string of the molecule is CC(C)COCCCn1c(N)nc2c(F)cccc21. The molecule has 0 saturated carbocycles. The van der Waals surface area contributed by atoms with Gasteiger partial charge in [-0.2, -0.15) is 0 Å². The number of aromatic nitrogens is 2. The zero-order valence-corrected chi connectivity index (χ0v) is 11.4. The van der Waals surface area contributed by atoms with Gasteiger partial charge in [-0.05, 0) is 24.5 Å². The number of nitrogens with two attached hydrogens (primary N) is 1. The van der Waals surface area contributed by atoms with Gasteiger partial charge in [0.15, 0.2) is 5.82 Å². The van der Waals surface area contributed by atoms with Gasteiger partial charge in [-0.15, -0.1) is 0 Å². The van der Waals surface area contributed by atoms with E-state index in [9.17, 15) is 4.39 Å². The second-order valence-corrected chi connectivity index (χ2v) is 5.05. The van der Waals surface area contributed by atoms with E-state index in [-0.39, 0.29) is 5.82 Å². The molecule has 0 unspecified atom stereocenters. The van der Waals surface area contributed by atoms with E-state index in [2.05, 4.69) is 18.8 Å². The molecule has 104 valence electrons. The predicted molar refractivity (Wildman–Crippen MR) is 74.4 cm³/mol. The van der Waals surface area contributed by atoms with Gasteiger partial charge in [-0.1, -0.05) is 19.9 Å². The zero-order valence-electron chi connectivity index (χ0n) is 11.4. The Morgan fingerprint density at radius 1 is 1.42 bits per heavy atom. The summed E-state index contributed by atoms with van der Waals surface area (Å²) in [5.74, 6) is 0.552. The Bertz CT molecular complexity index is 551. The van der Waals surface area contributed by atoms with Crippen LogP contribution >= 0.6 is 0 Å². The van der Waals surface area contributed by atoms with E-state index in [4.69, 9.17) is 10.5 Å². The number of fused-ring (bicyclic) bond motifs is 1. The van der Waals surface area contributed by atoms with Crippen molar-refractivity contribution < 1.29 is 9.13 Å². The lowest BCUT2D eigenvalue weighted by Crippen LogP contribution is -2.08. The molecule has 0 aliphatic rings. The van der Waals surface area contributed by atoms with Gasteiger partial charge in [-0.25, -0.2) is 9.37 Å². The molecular weight excluding hydrogens is 245 g/mol. The summed E-state index contributed by atoms with van der Waals surface area (Å²) in [4.78, 5) is 4.06. The molecule has 1 heterocycles. The lowest BCUT2D eigenvalue weighted by molar-refractivity contribution is 0.105. The summed E-state index contributed by atoms with van der Waals surface area (Å²) in [7, 11) is 0. The maximum absolute atomic E-state index is 13.6. The Labute approximate surface area is 112 Å². The Morgan fingerprint density at radius 2 is 2.21 bits per heavy atom. The molecule has 1 aromatic carbocycles. The Hall–Kier alpha value is -1.62. The highest BCUT2D eigenvalue weighted by molar-refractivity contribution is 5.78. The molecule has 1 aromatic heterocycles. The lowest BCUT2D eigenvalue weighted by Gasteiger charge is -2.08. The van der Waals surface area contributed by atoms with Gasteiger partial charge in [0.1, 0.15) is 5.52 Å². The first-order valence-corrected chi connectivity index (χ1v) is 6.57. The maximum Gasteiger partial charge on any atom is 0.201 e. The molecule has 0 atom stereocenters. The van der Waals surface area contributed by atoms with Crippen molar-refractivity contribution in [3.05, 3.63) is 24.0 Å². The van der Waals surface area contributed by atoms with Gasteiger partial charge in [0, 0.05) is 19.8 Å². The highest BCUT2D eigenvalue weighted by atomic mass is 19.1. The molecule has 2 rings (SSSR count). The summed E-state index contributed by atoms with van der Waals surface area (Å²) < 4.78 is 20.9. The van der Waals surface area contributed by atoms with E-state index >= 15 is 0 Å². The summed E-state index contributed by atoms with van der Waals surface area (Å²) >= 11 is 0. The monoisotopic (exact) mass is 265 g/mol. The number of benzene rings is 1. The number of hydrogen-bond acceptors (Lipinski definition) is 3. The molecule has 0 radical (unpaired) electrons. The summed E-state index contributed by atoms with van der Waals surface area (Å²) in [5.41, 5.74) is 6.90. The summed E-state index contributed by atoms with van der Waals surface area (Å²) in [6.07, 6.45) is 0.832. The van der Waals surface area contributed by atoms with Crippen LogP contribution in [0.3, 0.4) is 0 Å². The van der Waals surface area contributed by atoms with Crippen molar-refractivity contribution in [2.45, 2.75) is 26.8 Å². The van der Waals surface area contributed by atoms with E-state index in [1.54, 1.807) is 6.07 Å². The van der Waals surface area contributed by atoms with Crippen LogP contribution in [-0.4, -0.2) is 22.8 Å². The van der Waals surface area contributed by atoms with E-state index in [0.29, 0.717) is 30.5 Å². The van der Waals surface area contributed by atoms with Gasteiger partial charge in [0.25, 0.3) is 0 Å². The Morgan fingerprint density at radius 3 is 2.95 bits per heavy atom. The molecule has 4 nitrogen and oxygen atoms in total. The molecule has 0 spiro atoms. The first kappa shape index (κ1) is 13.8. The fourth-order valence-corrected chi connectivity index (χ4v) is 2.01. The van der Waals surface area contributed by atoms with Crippen LogP contribution in [0.5, 0.6) is 0 Å². The number of ether oxygens (including phenoxy) is 1. The van der Waals surface area contributed by atoms with E-state index in [0.717, 1.165) is 18.5 Å². The van der Waals surface area contributed by atoms with Crippen molar-refractivity contribution in [1.29, 1.82) is 0 Å². The van der Waals surface area contributed by atoms with E-state index < -0.39 is 0 Å². The third kappa shape index (κ3) is 3.23. The van der Waals surface area contributed by atoms with Gasteiger partial charge >= 0.3 is 0 Å². The van der Waals surface area contributed by atoms with Gasteiger partial charge in [-0.3, -0.25) is 0 Å². The van der Waals surface area contributed by atoms with Crippen LogP contribution in [0, 0.1) is 11.7 Å². The molecule has 2 aromatic rings. The van der Waals surface area contributed by atoms with Gasteiger partial charge < -0.3 is 15.0 Å². The van der Waals surface area contributed by atoms with Crippen LogP contribution in [0.1, 0.15) is 20.3 Å². The topological polar surface area (TPSA) is 53.1 Å². The second kappa shape index (κ2) is 6.02.